The highest BCUT2D eigenvalue weighted by atomic mass is 19.4. The Bertz CT molecular complexity index is 428. The lowest BCUT2D eigenvalue weighted by atomic mass is 9.95. The van der Waals surface area contributed by atoms with Gasteiger partial charge in [-0.2, -0.15) is 52.7 Å². The van der Waals surface area contributed by atoms with Gasteiger partial charge in [0.25, 0.3) is 11.2 Å². The predicted octanol–water partition coefficient (Wildman–Crippen LogP) is 5.88. The lowest BCUT2D eigenvalue weighted by Gasteiger charge is -2.43. The first-order valence-corrected chi connectivity index (χ1v) is 6.07. The van der Waals surface area contributed by atoms with E-state index in [9.17, 15) is 52.7 Å². The van der Waals surface area contributed by atoms with Gasteiger partial charge in [0.05, 0.1) is 0 Å². The summed E-state index contributed by atoms with van der Waals surface area (Å²) >= 11 is 0. The quantitative estimate of drug-likeness (QED) is 0.425. The fourth-order valence-corrected chi connectivity index (χ4v) is 1.72. The summed E-state index contributed by atoms with van der Waals surface area (Å²) in [6, 6.07) is 0. The Labute approximate surface area is 132 Å². The molecule has 0 N–H and O–H groups in total. The van der Waals surface area contributed by atoms with Gasteiger partial charge in [0.2, 0.25) is 0 Å². The number of halogens is 12. The minimum absolute atomic E-state index is 0.0197. The van der Waals surface area contributed by atoms with E-state index in [1.165, 1.54) is 0 Å². The van der Waals surface area contributed by atoms with E-state index in [0.29, 0.717) is 13.8 Å². The molecular weight excluding hydrogens is 388 g/mol. The van der Waals surface area contributed by atoms with Crippen LogP contribution in [0.25, 0.3) is 0 Å². The highest BCUT2D eigenvalue weighted by Crippen LogP contribution is 2.55. The zero-order valence-corrected chi connectivity index (χ0v) is 12.3. The van der Waals surface area contributed by atoms with Gasteiger partial charge >= 0.3 is 24.7 Å². The molecule has 0 saturated heterocycles. The van der Waals surface area contributed by atoms with Crippen molar-refractivity contribution in [3.05, 3.63) is 24.3 Å². The average molecular weight is 398 g/mol. The van der Waals surface area contributed by atoms with Crippen LogP contribution in [-0.2, 0) is 4.74 Å². The molecule has 0 aliphatic rings. The first kappa shape index (κ1) is 23.6. The van der Waals surface area contributed by atoms with Gasteiger partial charge in [-0.1, -0.05) is 12.2 Å². The molecule has 0 aromatic heterocycles. The molecule has 1 nitrogen and oxygen atoms in total. The van der Waals surface area contributed by atoms with Crippen molar-refractivity contribution < 1.29 is 57.4 Å². The molecule has 0 radical (unpaired) electrons. The number of alkyl halides is 12. The zero-order valence-electron chi connectivity index (χ0n) is 12.3. The number of ether oxygens (including phenoxy) is 1. The molecular formula is C12H10F12O. The molecule has 0 aliphatic heterocycles. The summed E-state index contributed by atoms with van der Waals surface area (Å²) in [6.07, 6.45) is -28.7. The predicted molar refractivity (Wildman–Crippen MR) is 60.4 cm³/mol. The van der Waals surface area contributed by atoms with Crippen LogP contribution in [0.2, 0.25) is 0 Å². The molecule has 0 spiro atoms. The number of hydrogen-bond donors (Lipinski definition) is 0. The maximum atomic E-state index is 13.0. The largest absolute Gasteiger partial charge is 0.430 e. The minimum Gasteiger partial charge on any atom is -0.326 e. The van der Waals surface area contributed by atoms with Crippen molar-refractivity contribution in [1.29, 1.82) is 0 Å². The molecule has 0 amide bonds. The van der Waals surface area contributed by atoms with E-state index in [-0.39, 0.29) is 12.2 Å². The molecule has 0 saturated carbocycles. The third-order valence-electron chi connectivity index (χ3n) is 2.81. The fourth-order valence-electron chi connectivity index (χ4n) is 1.72. The van der Waals surface area contributed by atoms with E-state index < -0.39 is 48.1 Å². The number of rotatable bonds is 4. The molecule has 0 rings (SSSR count). The molecule has 0 aromatic rings. The summed E-state index contributed by atoms with van der Waals surface area (Å²) in [5.74, 6) is 0. The van der Waals surface area contributed by atoms with Crippen LogP contribution in [0.4, 0.5) is 52.7 Å². The van der Waals surface area contributed by atoms with Crippen LogP contribution in [0.15, 0.2) is 24.3 Å². The summed E-state index contributed by atoms with van der Waals surface area (Å²) in [5.41, 5.74) is -11.7. The SMILES string of the molecule is CC=CC(OC(C=CC)(C(F)(F)F)C(F)(F)F)(C(F)(F)F)C(F)(F)F. The third-order valence-corrected chi connectivity index (χ3v) is 2.81. The van der Waals surface area contributed by atoms with Gasteiger partial charge in [0.15, 0.2) is 0 Å². The van der Waals surface area contributed by atoms with Gasteiger partial charge in [0, 0.05) is 0 Å². The Morgan fingerprint density at radius 3 is 0.800 bits per heavy atom. The Morgan fingerprint density at radius 1 is 0.480 bits per heavy atom. The molecule has 25 heavy (non-hydrogen) atoms. The van der Waals surface area contributed by atoms with Crippen LogP contribution in [0.5, 0.6) is 0 Å². The van der Waals surface area contributed by atoms with E-state index in [4.69, 9.17) is 0 Å². The van der Waals surface area contributed by atoms with Crippen molar-refractivity contribution in [2.24, 2.45) is 0 Å². The van der Waals surface area contributed by atoms with E-state index in [1.54, 1.807) is 0 Å². The maximum Gasteiger partial charge on any atom is 0.430 e. The van der Waals surface area contributed by atoms with Gasteiger partial charge in [-0.15, -0.1) is 0 Å². The molecule has 0 aliphatic carbocycles. The van der Waals surface area contributed by atoms with Gasteiger partial charge in [-0.25, -0.2) is 0 Å². The lowest BCUT2D eigenvalue weighted by molar-refractivity contribution is -0.443. The van der Waals surface area contributed by atoms with E-state index in [1.807, 2.05) is 0 Å². The molecule has 0 atom stereocenters. The summed E-state index contributed by atoms with van der Waals surface area (Å²) in [7, 11) is 0. The normalized spacial score (nSPS) is 16.2. The van der Waals surface area contributed by atoms with Gasteiger partial charge in [0.1, 0.15) is 0 Å². The second kappa shape index (κ2) is 6.72. The van der Waals surface area contributed by atoms with Gasteiger partial charge < -0.3 is 4.74 Å². The smallest absolute Gasteiger partial charge is 0.326 e. The molecule has 148 valence electrons. The Kier molecular flexibility index (Phi) is 6.35. The topological polar surface area (TPSA) is 9.23 Å². The van der Waals surface area contributed by atoms with Crippen LogP contribution in [-0.4, -0.2) is 35.9 Å². The van der Waals surface area contributed by atoms with Gasteiger partial charge in [-0.3, -0.25) is 0 Å². The van der Waals surface area contributed by atoms with Crippen molar-refractivity contribution in [2.45, 2.75) is 49.8 Å². The Morgan fingerprint density at radius 2 is 0.680 bits per heavy atom. The number of hydrogen-bond acceptors (Lipinski definition) is 1. The standard InChI is InChI=1S/C12H10F12O/c1-3-5-7(9(13,14)15,10(16,17)18)25-8(6-4-2,11(19,20)21)12(22,23)24/h3-6H,1-2H3. The van der Waals surface area contributed by atoms with Crippen molar-refractivity contribution in [3.8, 4) is 0 Å². The summed E-state index contributed by atoms with van der Waals surface area (Å²) in [4.78, 5) is 0. The Balaban J connectivity index is 6.98. The van der Waals surface area contributed by atoms with Crippen molar-refractivity contribution in [2.75, 3.05) is 0 Å². The minimum atomic E-state index is -6.68. The van der Waals surface area contributed by atoms with Crippen LogP contribution >= 0.6 is 0 Å². The van der Waals surface area contributed by atoms with Crippen molar-refractivity contribution in [1.82, 2.24) is 0 Å². The third kappa shape index (κ3) is 4.06. The van der Waals surface area contributed by atoms with Crippen LogP contribution < -0.4 is 0 Å². The van der Waals surface area contributed by atoms with E-state index >= 15 is 0 Å². The zero-order chi connectivity index (χ0) is 20.5. The maximum absolute atomic E-state index is 13.0. The Hall–Kier alpha value is -1.40. The second-order valence-electron chi connectivity index (χ2n) is 4.56. The molecule has 0 aromatic carbocycles. The average Bonchev–Trinajstić information content (AvgIpc) is 2.31. The van der Waals surface area contributed by atoms with Crippen LogP contribution in [0.1, 0.15) is 13.8 Å². The molecule has 0 bridgehead atoms. The first-order chi connectivity index (χ1) is 10.8. The molecule has 0 fully saturated rings. The highest BCUT2D eigenvalue weighted by Gasteiger charge is 2.80. The van der Waals surface area contributed by atoms with Crippen molar-refractivity contribution >= 4 is 0 Å². The molecule has 0 heterocycles. The second-order valence-corrected chi connectivity index (χ2v) is 4.56. The summed E-state index contributed by atoms with van der Waals surface area (Å²) in [6.45, 7) is 1.07. The van der Waals surface area contributed by atoms with E-state index in [2.05, 4.69) is 4.74 Å². The van der Waals surface area contributed by atoms with Crippen LogP contribution in [0.3, 0.4) is 0 Å². The van der Waals surface area contributed by atoms with E-state index in [0.717, 1.165) is 0 Å². The highest BCUT2D eigenvalue weighted by molar-refractivity contribution is 5.19. The first-order valence-electron chi connectivity index (χ1n) is 6.07. The number of allylic oxidation sites excluding steroid dienone is 2. The summed E-state index contributed by atoms with van der Waals surface area (Å²) < 4.78 is 158. The van der Waals surface area contributed by atoms with Crippen molar-refractivity contribution in [3.63, 3.8) is 0 Å². The molecule has 13 heteroatoms. The monoisotopic (exact) mass is 398 g/mol. The fraction of sp³-hybridized carbons (Fsp3) is 0.667. The molecule has 0 unspecified atom stereocenters. The van der Waals surface area contributed by atoms with Gasteiger partial charge in [-0.05, 0) is 26.0 Å². The summed E-state index contributed by atoms with van der Waals surface area (Å²) in [5, 5.41) is 0. The van der Waals surface area contributed by atoms with Crippen LogP contribution in [0, 0.1) is 0 Å². The lowest BCUT2D eigenvalue weighted by Crippen LogP contribution is -2.68.